The minimum absolute atomic E-state index is 0.0294. The molecule has 0 radical (unpaired) electrons. The van der Waals surface area contributed by atoms with Crippen molar-refractivity contribution in [2.45, 2.75) is 20.0 Å². The van der Waals surface area contributed by atoms with Crippen molar-refractivity contribution in [1.82, 2.24) is 29.1 Å². The average molecular weight is 427 g/mol. The van der Waals surface area contributed by atoms with Crippen LogP contribution in [0.1, 0.15) is 16.7 Å². The number of non-ortho nitro benzene ring substituents is 1. The predicted molar refractivity (Wildman–Crippen MR) is 116 cm³/mol. The first kappa shape index (κ1) is 19.5. The van der Waals surface area contributed by atoms with Crippen LogP contribution in [0.5, 0.6) is 0 Å². The minimum Gasteiger partial charge on any atom is -0.311 e. The number of aryl methyl sites for hydroxylation is 1. The van der Waals surface area contributed by atoms with Gasteiger partial charge in [0.25, 0.3) is 5.69 Å². The number of rotatable bonds is 5. The Hall–Kier alpha value is -4.47. The van der Waals surface area contributed by atoms with E-state index >= 15 is 0 Å². The van der Waals surface area contributed by atoms with Crippen LogP contribution < -0.4 is 5.69 Å². The second-order valence-corrected chi connectivity index (χ2v) is 7.48. The molecule has 0 atom stereocenters. The summed E-state index contributed by atoms with van der Waals surface area (Å²) < 4.78 is 3.30. The molecule has 1 aromatic heterocycles. The third-order valence-electron chi connectivity index (χ3n) is 5.26. The molecule has 32 heavy (non-hydrogen) atoms. The van der Waals surface area contributed by atoms with Crippen LogP contribution in [0, 0.1) is 17.0 Å². The van der Waals surface area contributed by atoms with Gasteiger partial charge in [0.05, 0.1) is 24.3 Å². The number of imidazole rings is 2. The van der Waals surface area contributed by atoms with Crippen LogP contribution in [0.15, 0.2) is 66.0 Å². The largest absolute Gasteiger partial charge is 0.350 e. The summed E-state index contributed by atoms with van der Waals surface area (Å²) in [6.45, 7) is 2.76. The lowest BCUT2D eigenvalue weighted by atomic mass is 10.1. The van der Waals surface area contributed by atoms with E-state index in [4.69, 9.17) is 0 Å². The van der Waals surface area contributed by atoms with E-state index in [0.29, 0.717) is 35.8 Å². The Balaban J connectivity index is 1.52. The maximum absolute atomic E-state index is 12.6. The molecular formula is C22H17N7O3. The molecule has 0 fully saturated rings. The van der Waals surface area contributed by atoms with E-state index in [0.717, 1.165) is 16.7 Å². The van der Waals surface area contributed by atoms with E-state index in [9.17, 15) is 14.9 Å². The Morgan fingerprint density at radius 3 is 2.34 bits per heavy atom. The van der Waals surface area contributed by atoms with Crippen molar-refractivity contribution in [1.29, 1.82) is 0 Å². The molecule has 3 aromatic rings. The van der Waals surface area contributed by atoms with Gasteiger partial charge in [0.1, 0.15) is 17.5 Å². The van der Waals surface area contributed by atoms with Crippen LogP contribution in [0.4, 0.5) is 5.69 Å². The normalized spacial score (nSPS) is 11.3. The second kappa shape index (κ2) is 7.65. The lowest BCUT2D eigenvalue weighted by molar-refractivity contribution is -0.384. The van der Waals surface area contributed by atoms with Crippen LogP contribution in [-0.4, -0.2) is 34.0 Å². The average Bonchev–Trinajstić information content (AvgIpc) is 3.25. The van der Waals surface area contributed by atoms with Gasteiger partial charge in [-0.2, -0.15) is 4.98 Å². The first-order valence-corrected chi connectivity index (χ1v) is 9.85. The molecule has 0 aliphatic carbocycles. The zero-order valence-electron chi connectivity index (χ0n) is 17.0. The lowest BCUT2D eigenvalue weighted by Gasteiger charge is -2.04. The zero-order valence-corrected chi connectivity index (χ0v) is 17.0. The third kappa shape index (κ3) is 3.47. The van der Waals surface area contributed by atoms with Gasteiger partial charge in [0.15, 0.2) is 11.5 Å². The summed E-state index contributed by atoms with van der Waals surface area (Å²) >= 11 is 0. The number of nitrogens with zero attached hydrogens (tertiary/aromatic N) is 7. The van der Waals surface area contributed by atoms with E-state index in [1.54, 1.807) is 23.0 Å². The highest BCUT2D eigenvalue weighted by Crippen LogP contribution is 2.24. The van der Waals surface area contributed by atoms with Gasteiger partial charge in [-0.1, -0.05) is 42.0 Å². The highest BCUT2D eigenvalue weighted by molar-refractivity contribution is 5.85. The number of benzene rings is 2. The van der Waals surface area contributed by atoms with Crippen molar-refractivity contribution in [3.63, 3.8) is 0 Å². The van der Waals surface area contributed by atoms with Gasteiger partial charge in [-0.05, 0) is 18.1 Å². The van der Waals surface area contributed by atoms with Gasteiger partial charge >= 0.3 is 5.69 Å². The Morgan fingerprint density at radius 2 is 1.62 bits per heavy atom. The van der Waals surface area contributed by atoms with Gasteiger partial charge in [-0.15, -0.1) is 0 Å². The van der Waals surface area contributed by atoms with E-state index in [2.05, 4.69) is 19.9 Å². The molecule has 158 valence electrons. The molecule has 0 N–H and O–H groups in total. The van der Waals surface area contributed by atoms with Gasteiger partial charge in [-0.3, -0.25) is 14.7 Å². The van der Waals surface area contributed by atoms with Crippen LogP contribution in [0.3, 0.4) is 0 Å². The highest BCUT2D eigenvalue weighted by Gasteiger charge is 2.21. The number of hydrogen-bond acceptors (Lipinski definition) is 7. The third-order valence-corrected chi connectivity index (χ3v) is 5.26. The second-order valence-electron chi connectivity index (χ2n) is 7.48. The standard InChI is InChI=1S/C22H17N7O3/c1-14-2-4-16(5-3-14)11-28-21-19(26-22(28)30)18-20(23-12-24-21)27(13-25-18)10-15-6-8-17(9-7-15)29(31)32/h2-9,12-13H,10-11H2,1H3. The van der Waals surface area contributed by atoms with E-state index in [1.165, 1.54) is 23.0 Å². The number of nitro groups is 1. The lowest BCUT2D eigenvalue weighted by Crippen LogP contribution is -2.17. The van der Waals surface area contributed by atoms with Gasteiger partial charge in [0, 0.05) is 12.1 Å². The molecule has 0 spiro atoms. The van der Waals surface area contributed by atoms with E-state index in [1.807, 2.05) is 31.2 Å². The fourth-order valence-electron chi connectivity index (χ4n) is 3.58. The van der Waals surface area contributed by atoms with E-state index < -0.39 is 10.6 Å². The molecule has 0 unspecified atom stereocenters. The van der Waals surface area contributed by atoms with Gasteiger partial charge in [-0.25, -0.2) is 19.7 Å². The smallest absolute Gasteiger partial charge is 0.311 e. The molecule has 2 aliphatic rings. The zero-order chi connectivity index (χ0) is 22.2. The molecule has 3 heterocycles. The predicted octanol–water partition coefficient (Wildman–Crippen LogP) is 2.80. The fourth-order valence-corrected chi connectivity index (χ4v) is 3.58. The van der Waals surface area contributed by atoms with Crippen LogP contribution in [-0.2, 0) is 13.1 Å². The molecule has 0 saturated heterocycles. The Morgan fingerprint density at radius 1 is 0.938 bits per heavy atom. The maximum Gasteiger partial charge on any atom is 0.350 e. The highest BCUT2D eigenvalue weighted by atomic mass is 16.6. The monoisotopic (exact) mass is 427 g/mol. The van der Waals surface area contributed by atoms with Gasteiger partial charge < -0.3 is 4.57 Å². The minimum atomic E-state index is -0.437. The van der Waals surface area contributed by atoms with Gasteiger partial charge in [0.2, 0.25) is 0 Å². The molecule has 5 rings (SSSR count). The summed E-state index contributed by atoms with van der Waals surface area (Å²) in [5.74, 6) is 0.415. The number of aromatic nitrogens is 6. The molecule has 0 amide bonds. The Kier molecular flexibility index (Phi) is 4.66. The van der Waals surface area contributed by atoms with Crippen molar-refractivity contribution < 1.29 is 4.92 Å². The molecule has 10 heteroatoms. The molecule has 2 aromatic carbocycles. The topological polar surface area (TPSA) is 122 Å². The summed E-state index contributed by atoms with van der Waals surface area (Å²) in [5, 5.41) is 10.9. The summed E-state index contributed by atoms with van der Waals surface area (Å²) in [6, 6.07) is 14.2. The maximum atomic E-state index is 12.6. The Bertz CT molecular complexity index is 1470. The summed E-state index contributed by atoms with van der Waals surface area (Å²) in [5.41, 5.74) is 3.96. The number of fused-ring (bicyclic) bond motifs is 3. The number of nitro benzene ring substituents is 1. The quantitative estimate of drug-likeness (QED) is 0.312. The Labute approximate surface area is 181 Å². The van der Waals surface area contributed by atoms with Crippen molar-refractivity contribution in [2.24, 2.45) is 0 Å². The summed E-state index contributed by atoms with van der Waals surface area (Å²) in [4.78, 5) is 40.5. The fraction of sp³-hybridized carbons (Fsp3) is 0.136. The van der Waals surface area contributed by atoms with Crippen molar-refractivity contribution in [2.75, 3.05) is 0 Å². The van der Waals surface area contributed by atoms with E-state index in [-0.39, 0.29) is 5.69 Å². The van der Waals surface area contributed by atoms with Crippen LogP contribution >= 0.6 is 0 Å². The molecule has 0 saturated carbocycles. The van der Waals surface area contributed by atoms with Crippen molar-refractivity contribution in [3.8, 4) is 11.5 Å². The van der Waals surface area contributed by atoms with Crippen LogP contribution in [0.25, 0.3) is 22.7 Å². The molecule has 2 aliphatic heterocycles. The summed E-state index contributed by atoms with van der Waals surface area (Å²) in [6.07, 6.45) is 3.01. The van der Waals surface area contributed by atoms with Crippen molar-refractivity contribution in [3.05, 3.63) is 98.5 Å². The molecule has 0 bridgehead atoms. The first-order chi connectivity index (χ1) is 15.5. The summed E-state index contributed by atoms with van der Waals surface area (Å²) in [7, 11) is 0. The number of hydrogen-bond donors (Lipinski definition) is 0. The molecular weight excluding hydrogens is 410 g/mol. The van der Waals surface area contributed by atoms with Crippen LogP contribution in [0.2, 0.25) is 0 Å². The molecule has 10 nitrogen and oxygen atoms in total. The first-order valence-electron chi connectivity index (χ1n) is 9.85. The SMILES string of the molecule is Cc1ccc(Cn2c3ncnc4c(ncn4Cc4ccc([N+](=O)[O-])cc4)c-3nc2=O)cc1. The van der Waals surface area contributed by atoms with Crippen molar-refractivity contribution >= 4 is 16.9 Å².